The molecule has 0 saturated heterocycles. The van der Waals surface area contributed by atoms with Gasteiger partial charge in [0.1, 0.15) is 11.5 Å². The molecule has 0 aliphatic rings. The summed E-state index contributed by atoms with van der Waals surface area (Å²) in [5, 5.41) is 0. The van der Waals surface area contributed by atoms with Crippen LogP contribution in [0.4, 0.5) is 5.69 Å². The molecule has 2 N–H and O–H groups in total. The molecule has 0 heterocycles. The van der Waals surface area contributed by atoms with E-state index >= 15 is 0 Å². The number of halogens is 1. The van der Waals surface area contributed by atoms with Crippen molar-refractivity contribution in [3.8, 4) is 11.5 Å². The van der Waals surface area contributed by atoms with Gasteiger partial charge >= 0.3 is 0 Å². The van der Waals surface area contributed by atoms with Gasteiger partial charge in [0.05, 0.1) is 19.1 Å². The second-order valence-corrected chi connectivity index (χ2v) is 5.68. The Bertz CT molecular complexity index is 590. The molecule has 0 bridgehead atoms. The molecule has 2 aromatic carbocycles. The van der Waals surface area contributed by atoms with Gasteiger partial charge in [-0.15, -0.1) is 0 Å². The summed E-state index contributed by atoms with van der Waals surface area (Å²) in [5.41, 5.74) is 6.71. The van der Waals surface area contributed by atoms with E-state index in [1.807, 2.05) is 36.4 Å². The van der Waals surface area contributed by atoms with Crippen LogP contribution in [0.15, 0.2) is 50.7 Å². The van der Waals surface area contributed by atoms with Gasteiger partial charge in [-0.05, 0) is 46.3 Å². The summed E-state index contributed by atoms with van der Waals surface area (Å²) in [4.78, 5) is 1.93. The van der Waals surface area contributed by atoms with E-state index in [2.05, 4.69) is 15.9 Å². The molecule has 19 heavy (non-hydrogen) atoms. The van der Waals surface area contributed by atoms with Crippen LogP contribution in [0.25, 0.3) is 0 Å². The van der Waals surface area contributed by atoms with Crippen molar-refractivity contribution < 1.29 is 9.47 Å². The van der Waals surface area contributed by atoms with Gasteiger partial charge in [0.2, 0.25) is 0 Å². The fraction of sp³-hybridized carbons (Fsp3) is 0.143. The number of ether oxygens (including phenoxy) is 2. The summed E-state index contributed by atoms with van der Waals surface area (Å²) in [6, 6.07) is 11.4. The van der Waals surface area contributed by atoms with Crippen LogP contribution in [0.5, 0.6) is 11.5 Å². The lowest BCUT2D eigenvalue weighted by Crippen LogP contribution is -1.93. The second kappa shape index (κ2) is 6.21. The molecule has 2 aromatic rings. The molecule has 2 rings (SSSR count). The van der Waals surface area contributed by atoms with Crippen molar-refractivity contribution in [3.05, 3.63) is 40.9 Å². The lowest BCUT2D eigenvalue weighted by Gasteiger charge is -2.12. The van der Waals surface area contributed by atoms with E-state index in [9.17, 15) is 0 Å². The Morgan fingerprint density at radius 3 is 2.58 bits per heavy atom. The number of benzene rings is 2. The average molecular weight is 340 g/mol. The Labute approximate surface area is 125 Å². The maximum absolute atomic E-state index is 6.02. The predicted octanol–water partition coefficient (Wildman–Crippen LogP) is 4.20. The van der Waals surface area contributed by atoms with Gasteiger partial charge in [-0.1, -0.05) is 17.8 Å². The van der Waals surface area contributed by atoms with Gasteiger partial charge in [-0.2, -0.15) is 0 Å². The van der Waals surface area contributed by atoms with E-state index < -0.39 is 0 Å². The summed E-state index contributed by atoms with van der Waals surface area (Å²) in [6.45, 7) is 0. The van der Waals surface area contributed by atoms with Crippen molar-refractivity contribution >= 4 is 33.4 Å². The number of rotatable bonds is 4. The first-order valence-corrected chi connectivity index (χ1v) is 7.20. The van der Waals surface area contributed by atoms with Crippen molar-refractivity contribution in [2.45, 2.75) is 9.79 Å². The normalized spacial score (nSPS) is 10.3. The molecule has 0 saturated carbocycles. The number of nitrogen functional groups attached to an aromatic ring is 1. The third kappa shape index (κ3) is 3.16. The van der Waals surface area contributed by atoms with Gasteiger partial charge in [0, 0.05) is 15.1 Å². The van der Waals surface area contributed by atoms with Gasteiger partial charge < -0.3 is 15.2 Å². The smallest absolute Gasteiger partial charge is 0.134 e. The van der Waals surface area contributed by atoms with Crippen LogP contribution in [0.1, 0.15) is 0 Å². The van der Waals surface area contributed by atoms with Crippen LogP contribution in [-0.4, -0.2) is 14.2 Å². The Kier molecular flexibility index (Phi) is 4.61. The van der Waals surface area contributed by atoms with E-state index in [-0.39, 0.29) is 0 Å². The van der Waals surface area contributed by atoms with E-state index in [1.54, 1.807) is 26.0 Å². The molecule has 0 aromatic heterocycles. The van der Waals surface area contributed by atoms with E-state index in [0.717, 1.165) is 25.8 Å². The Morgan fingerprint density at radius 1 is 1.11 bits per heavy atom. The number of hydrogen-bond acceptors (Lipinski definition) is 4. The molecule has 0 amide bonds. The van der Waals surface area contributed by atoms with Crippen molar-refractivity contribution in [3.63, 3.8) is 0 Å². The number of methoxy groups -OCH3 is 2. The molecule has 5 heteroatoms. The minimum absolute atomic E-state index is 0.694. The second-order valence-electron chi connectivity index (χ2n) is 3.78. The Morgan fingerprint density at radius 2 is 1.89 bits per heavy atom. The molecular formula is C14H14BrNO2S. The zero-order valence-electron chi connectivity index (χ0n) is 10.6. The van der Waals surface area contributed by atoms with E-state index in [0.29, 0.717) is 5.69 Å². The van der Waals surface area contributed by atoms with E-state index in [4.69, 9.17) is 15.2 Å². The van der Waals surface area contributed by atoms with Crippen LogP contribution in [0.2, 0.25) is 0 Å². The Balaban J connectivity index is 2.41. The van der Waals surface area contributed by atoms with Crippen molar-refractivity contribution in [2.75, 3.05) is 20.0 Å². The zero-order valence-corrected chi connectivity index (χ0v) is 13.0. The van der Waals surface area contributed by atoms with Crippen molar-refractivity contribution in [1.29, 1.82) is 0 Å². The lowest BCUT2D eigenvalue weighted by atomic mass is 10.3. The summed E-state index contributed by atoms with van der Waals surface area (Å²) in [7, 11) is 3.29. The standard InChI is InChI=1S/C14H14BrNO2S/c1-17-9-6-7-10(15)13(8-9)19-14-11(16)4-3-5-12(14)18-2/h3-8H,16H2,1-2H3. The third-order valence-corrected chi connectivity index (χ3v) is 4.73. The van der Waals surface area contributed by atoms with Gasteiger partial charge in [-0.25, -0.2) is 0 Å². The monoisotopic (exact) mass is 339 g/mol. The minimum atomic E-state index is 0.694. The van der Waals surface area contributed by atoms with Crippen molar-refractivity contribution in [2.24, 2.45) is 0 Å². The fourth-order valence-electron chi connectivity index (χ4n) is 1.60. The average Bonchev–Trinajstić information content (AvgIpc) is 2.43. The predicted molar refractivity (Wildman–Crippen MR) is 82.2 cm³/mol. The zero-order chi connectivity index (χ0) is 13.8. The molecule has 0 atom stereocenters. The molecule has 0 aliphatic carbocycles. The molecule has 0 spiro atoms. The quantitative estimate of drug-likeness (QED) is 0.848. The number of nitrogens with two attached hydrogens (primary N) is 1. The van der Waals surface area contributed by atoms with Crippen LogP contribution < -0.4 is 15.2 Å². The topological polar surface area (TPSA) is 44.5 Å². The van der Waals surface area contributed by atoms with Gasteiger partial charge in [-0.3, -0.25) is 0 Å². The largest absolute Gasteiger partial charge is 0.497 e. The van der Waals surface area contributed by atoms with Crippen LogP contribution >= 0.6 is 27.7 Å². The first-order chi connectivity index (χ1) is 9.15. The molecule has 0 radical (unpaired) electrons. The van der Waals surface area contributed by atoms with Crippen LogP contribution in [0, 0.1) is 0 Å². The highest BCUT2D eigenvalue weighted by Crippen LogP contribution is 2.42. The molecule has 0 fully saturated rings. The number of anilines is 1. The Hall–Kier alpha value is -1.33. The van der Waals surface area contributed by atoms with Crippen LogP contribution in [0.3, 0.4) is 0 Å². The third-order valence-electron chi connectivity index (χ3n) is 2.58. The van der Waals surface area contributed by atoms with Gasteiger partial charge in [0.15, 0.2) is 0 Å². The first kappa shape index (κ1) is 14.1. The highest BCUT2D eigenvalue weighted by Gasteiger charge is 2.11. The molecule has 0 aliphatic heterocycles. The molecule has 3 nitrogen and oxygen atoms in total. The maximum Gasteiger partial charge on any atom is 0.134 e. The summed E-state index contributed by atoms with van der Waals surface area (Å²) in [5.74, 6) is 1.57. The SMILES string of the molecule is COc1ccc(Br)c(Sc2c(N)cccc2OC)c1. The first-order valence-electron chi connectivity index (χ1n) is 5.59. The fourth-order valence-corrected chi connectivity index (χ4v) is 3.09. The van der Waals surface area contributed by atoms with Gasteiger partial charge in [0.25, 0.3) is 0 Å². The minimum Gasteiger partial charge on any atom is -0.497 e. The molecule has 100 valence electrons. The molecular weight excluding hydrogens is 326 g/mol. The van der Waals surface area contributed by atoms with Crippen LogP contribution in [-0.2, 0) is 0 Å². The highest BCUT2D eigenvalue weighted by molar-refractivity contribution is 9.10. The highest BCUT2D eigenvalue weighted by atomic mass is 79.9. The summed E-state index contributed by atoms with van der Waals surface area (Å²) in [6.07, 6.45) is 0. The lowest BCUT2D eigenvalue weighted by molar-refractivity contribution is 0.405. The van der Waals surface area contributed by atoms with E-state index in [1.165, 1.54) is 0 Å². The maximum atomic E-state index is 6.02. The summed E-state index contributed by atoms with van der Waals surface area (Å²) >= 11 is 5.07. The number of hydrogen-bond donors (Lipinski definition) is 1. The summed E-state index contributed by atoms with van der Waals surface area (Å²) < 4.78 is 11.6. The molecule has 0 unspecified atom stereocenters. The van der Waals surface area contributed by atoms with Crippen molar-refractivity contribution in [1.82, 2.24) is 0 Å².